The Morgan fingerprint density at radius 2 is 2.00 bits per heavy atom. The van der Waals surface area contributed by atoms with Crippen LogP contribution in [0.4, 0.5) is 0 Å². The fourth-order valence-corrected chi connectivity index (χ4v) is 2.74. The second-order valence-electron chi connectivity index (χ2n) is 5.42. The second-order valence-corrected chi connectivity index (χ2v) is 5.42. The third-order valence-electron chi connectivity index (χ3n) is 3.98. The highest BCUT2D eigenvalue weighted by Gasteiger charge is 2.37. The van der Waals surface area contributed by atoms with E-state index in [-0.39, 0.29) is 25.0 Å². The second kappa shape index (κ2) is 5.73. The maximum Gasteiger partial charge on any atom is 0.311 e. The Morgan fingerprint density at radius 3 is 2.81 bits per heavy atom. The number of carboxylic acids is 1. The number of amides is 1. The topological polar surface area (TPSA) is 84.9 Å². The van der Waals surface area contributed by atoms with Gasteiger partial charge in [0.15, 0.2) is 0 Å². The van der Waals surface area contributed by atoms with E-state index in [0.717, 1.165) is 11.3 Å². The van der Waals surface area contributed by atoms with Crippen molar-refractivity contribution in [1.82, 2.24) is 5.32 Å². The lowest BCUT2D eigenvalue weighted by molar-refractivity contribution is -0.142. The molecule has 3 atom stereocenters. The lowest BCUT2D eigenvalue weighted by Gasteiger charge is -2.26. The van der Waals surface area contributed by atoms with Crippen LogP contribution in [-0.4, -0.2) is 42.8 Å². The van der Waals surface area contributed by atoms with E-state index >= 15 is 0 Å². The molecular weight excluding hydrogens is 274 g/mol. The number of carboxylic acid groups (broad SMARTS) is 1. The van der Waals surface area contributed by atoms with Crippen LogP contribution >= 0.6 is 0 Å². The molecule has 0 bridgehead atoms. The van der Waals surface area contributed by atoms with Crippen molar-refractivity contribution in [3.63, 3.8) is 0 Å². The predicted octanol–water partition coefficient (Wildman–Crippen LogP) is 0.453. The Balaban J connectivity index is 1.63. The standard InChI is InChI=1S/C15H17NO5/c17-14(16-12-8-20-7-11(12)15(18)19)10-5-9-3-1-2-4-13(9)21-6-10/h1-4,10-12H,5-8H2,(H,16,17)(H,18,19). The van der Waals surface area contributed by atoms with E-state index in [4.69, 9.17) is 14.6 Å². The third-order valence-corrected chi connectivity index (χ3v) is 3.98. The van der Waals surface area contributed by atoms with Crippen LogP contribution in [0.1, 0.15) is 5.56 Å². The minimum Gasteiger partial charge on any atom is -0.492 e. The van der Waals surface area contributed by atoms with Gasteiger partial charge in [0, 0.05) is 0 Å². The molecule has 112 valence electrons. The van der Waals surface area contributed by atoms with Crippen LogP contribution in [0.15, 0.2) is 24.3 Å². The van der Waals surface area contributed by atoms with Gasteiger partial charge < -0.3 is 19.9 Å². The van der Waals surface area contributed by atoms with E-state index in [1.807, 2.05) is 24.3 Å². The first-order valence-corrected chi connectivity index (χ1v) is 6.97. The zero-order valence-corrected chi connectivity index (χ0v) is 11.5. The number of nitrogens with one attached hydrogen (secondary N) is 1. The summed E-state index contributed by atoms with van der Waals surface area (Å²) in [5.74, 6) is -1.27. The Labute approximate surface area is 122 Å². The molecule has 1 aromatic rings. The highest BCUT2D eigenvalue weighted by molar-refractivity contribution is 5.81. The van der Waals surface area contributed by atoms with Gasteiger partial charge >= 0.3 is 5.97 Å². The first-order valence-electron chi connectivity index (χ1n) is 6.97. The molecule has 2 aliphatic rings. The quantitative estimate of drug-likeness (QED) is 0.845. The summed E-state index contributed by atoms with van der Waals surface area (Å²) in [6, 6.07) is 7.16. The van der Waals surface area contributed by atoms with Gasteiger partial charge in [0.2, 0.25) is 5.91 Å². The first-order chi connectivity index (χ1) is 10.1. The minimum absolute atomic E-state index is 0.143. The Kier molecular flexibility index (Phi) is 3.79. The summed E-state index contributed by atoms with van der Waals surface area (Å²) in [4.78, 5) is 23.4. The zero-order valence-electron chi connectivity index (χ0n) is 11.5. The van der Waals surface area contributed by atoms with Gasteiger partial charge in [-0.15, -0.1) is 0 Å². The molecule has 3 rings (SSSR count). The summed E-state index contributed by atoms with van der Waals surface area (Å²) in [6.07, 6.45) is 0.604. The fourth-order valence-electron chi connectivity index (χ4n) is 2.74. The molecule has 1 aromatic carbocycles. The van der Waals surface area contributed by atoms with Crippen molar-refractivity contribution in [1.29, 1.82) is 0 Å². The summed E-state index contributed by atoms with van der Waals surface area (Å²) < 4.78 is 10.7. The van der Waals surface area contributed by atoms with Crippen molar-refractivity contribution in [3.8, 4) is 5.75 Å². The highest BCUT2D eigenvalue weighted by atomic mass is 16.5. The third kappa shape index (κ3) is 2.85. The van der Waals surface area contributed by atoms with Gasteiger partial charge in [0.25, 0.3) is 0 Å². The lowest BCUT2D eigenvalue weighted by atomic mass is 9.95. The fraction of sp³-hybridized carbons (Fsp3) is 0.467. The van der Waals surface area contributed by atoms with Gasteiger partial charge in [-0.2, -0.15) is 0 Å². The average molecular weight is 291 g/mol. The van der Waals surface area contributed by atoms with Crippen molar-refractivity contribution in [2.45, 2.75) is 12.5 Å². The van der Waals surface area contributed by atoms with Crippen molar-refractivity contribution in [3.05, 3.63) is 29.8 Å². The molecule has 1 fully saturated rings. The molecule has 1 amide bonds. The van der Waals surface area contributed by atoms with E-state index in [1.165, 1.54) is 0 Å². The van der Waals surface area contributed by atoms with E-state index in [1.54, 1.807) is 0 Å². The molecule has 2 heterocycles. The Morgan fingerprint density at radius 1 is 1.19 bits per heavy atom. The number of para-hydroxylation sites is 1. The summed E-state index contributed by atoms with van der Waals surface area (Å²) in [7, 11) is 0. The summed E-state index contributed by atoms with van der Waals surface area (Å²) in [5.41, 5.74) is 1.00. The van der Waals surface area contributed by atoms with Crippen LogP contribution in [0.2, 0.25) is 0 Å². The van der Waals surface area contributed by atoms with Crippen molar-refractivity contribution in [2.24, 2.45) is 11.8 Å². The summed E-state index contributed by atoms with van der Waals surface area (Å²) in [6.45, 7) is 0.700. The summed E-state index contributed by atoms with van der Waals surface area (Å²) in [5, 5.41) is 11.9. The van der Waals surface area contributed by atoms with Gasteiger partial charge in [-0.25, -0.2) is 0 Å². The molecular formula is C15H17NO5. The van der Waals surface area contributed by atoms with Gasteiger partial charge in [-0.05, 0) is 18.1 Å². The van der Waals surface area contributed by atoms with E-state index in [0.29, 0.717) is 13.0 Å². The number of aliphatic carboxylic acids is 1. The van der Waals surface area contributed by atoms with Crippen LogP contribution < -0.4 is 10.1 Å². The van der Waals surface area contributed by atoms with E-state index in [2.05, 4.69) is 5.32 Å². The normalized spacial score (nSPS) is 27.5. The van der Waals surface area contributed by atoms with Crippen LogP contribution in [0.5, 0.6) is 5.75 Å². The number of carbonyl (C=O) groups excluding carboxylic acids is 1. The largest absolute Gasteiger partial charge is 0.492 e. The molecule has 6 heteroatoms. The smallest absolute Gasteiger partial charge is 0.311 e. The number of ether oxygens (including phenoxy) is 2. The molecule has 1 saturated heterocycles. The minimum atomic E-state index is -0.942. The number of hydrogen-bond donors (Lipinski definition) is 2. The molecule has 0 aliphatic carbocycles. The number of hydrogen-bond acceptors (Lipinski definition) is 4. The lowest BCUT2D eigenvalue weighted by Crippen LogP contribution is -2.47. The summed E-state index contributed by atoms with van der Waals surface area (Å²) >= 11 is 0. The average Bonchev–Trinajstić information content (AvgIpc) is 2.95. The Bertz CT molecular complexity index is 559. The molecule has 2 aliphatic heterocycles. The highest BCUT2D eigenvalue weighted by Crippen LogP contribution is 2.27. The van der Waals surface area contributed by atoms with E-state index in [9.17, 15) is 9.59 Å². The SMILES string of the molecule is O=C(NC1COCC1C(=O)O)C1COc2ccccc2C1. The monoisotopic (exact) mass is 291 g/mol. The molecule has 21 heavy (non-hydrogen) atoms. The number of rotatable bonds is 3. The maximum atomic E-state index is 12.3. The van der Waals surface area contributed by atoms with Crippen LogP contribution in [0, 0.1) is 11.8 Å². The van der Waals surface area contributed by atoms with Crippen LogP contribution in [0.3, 0.4) is 0 Å². The number of fused-ring (bicyclic) bond motifs is 1. The maximum absolute atomic E-state index is 12.3. The van der Waals surface area contributed by atoms with Gasteiger partial charge in [-0.3, -0.25) is 9.59 Å². The van der Waals surface area contributed by atoms with Gasteiger partial charge in [0.05, 0.1) is 25.2 Å². The molecule has 3 unspecified atom stereocenters. The predicted molar refractivity (Wildman–Crippen MR) is 73.0 cm³/mol. The van der Waals surface area contributed by atoms with Gasteiger partial charge in [-0.1, -0.05) is 18.2 Å². The zero-order chi connectivity index (χ0) is 14.8. The molecule has 6 nitrogen and oxygen atoms in total. The van der Waals surface area contributed by atoms with Crippen LogP contribution in [0.25, 0.3) is 0 Å². The number of carbonyl (C=O) groups is 2. The van der Waals surface area contributed by atoms with Crippen molar-refractivity contribution >= 4 is 11.9 Å². The van der Waals surface area contributed by atoms with Crippen molar-refractivity contribution in [2.75, 3.05) is 19.8 Å². The first kappa shape index (κ1) is 13.9. The molecule has 0 saturated carbocycles. The van der Waals surface area contributed by atoms with Gasteiger partial charge in [0.1, 0.15) is 18.3 Å². The molecule has 0 aromatic heterocycles. The molecule has 2 N–H and O–H groups in total. The van der Waals surface area contributed by atoms with Crippen molar-refractivity contribution < 1.29 is 24.2 Å². The van der Waals surface area contributed by atoms with E-state index < -0.39 is 17.9 Å². The van der Waals surface area contributed by atoms with Crippen LogP contribution in [-0.2, 0) is 20.7 Å². The molecule has 0 radical (unpaired) electrons. The molecule has 0 spiro atoms. The Hall–Kier alpha value is -2.08. The number of benzene rings is 1.